The monoisotopic (exact) mass is 482 g/mol. The highest BCUT2D eigenvalue weighted by Crippen LogP contribution is 2.32. The number of hydrogen-bond acceptors (Lipinski definition) is 9. The van der Waals surface area contributed by atoms with Crippen LogP contribution >= 0.6 is 0 Å². The molecule has 1 aliphatic carbocycles. The summed E-state index contributed by atoms with van der Waals surface area (Å²) in [5.41, 5.74) is 2.63. The molecule has 36 heavy (non-hydrogen) atoms. The van der Waals surface area contributed by atoms with E-state index in [0.29, 0.717) is 40.4 Å². The van der Waals surface area contributed by atoms with Crippen LogP contribution in [0.1, 0.15) is 56.7 Å². The maximum absolute atomic E-state index is 10.1. The lowest BCUT2D eigenvalue weighted by atomic mass is 9.91. The van der Waals surface area contributed by atoms with E-state index in [1.54, 1.807) is 49.5 Å². The number of nitrogens with one attached hydrogen (secondary N) is 1. The van der Waals surface area contributed by atoms with E-state index in [1.165, 1.54) is 6.20 Å². The van der Waals surface area contributed by atoms with Crippen molar-refractivity contribution in [3.63, 3.8) is 0 Å². The van der Waals surface area contributed by atoms with Gasteiger partial charge < -0.3 is 15.0 Å². The summed E-state index contributed by atoms with van der Waals surface area (Å²) in [5.74, 6) is 0.456. The molecule has 1 aliphatic rings. The van der Waals surface area contributed by atoms with Crippen LogP contribution in [0.5, 0.6) is 0 Å². The summed E-state index contributed by atoms with van der Waals surface area (Å²) in [6.45, 7) is 3.75. The number of rotatable bonds is 6. The van der Waals surface area contributed by atoms with Gasteiger partial charge in [0.05, 0.1) is 47.7 Å². The summed E-state index contributed by atoms with van der Waals surface area (Å²) in [6.07, 6.45) is 12.2. The molecule has 0 saturated heterocycles. The maximum Gasteiger partial charge on any atom is 0.223 e. The van der Waals surface area contributed by atoms with Crippen molar-refractivity contribution in [3.05, 3.63) is 48.3 Å². The summed E-state index contributed by atoms with van der Waals surface area (Å²) in [6, 6.07) is 6.36. The van der Waals surface area contributed by atoms with Crippen LogP contribution in [0.15, 0.2) is 37.2 Å². The molecule has 4 heterocycles. The van der Waals surface area contributed by atoms with Gasteiger partial charge in [0.2, 0.25) is 5.95 Å². The van der Waals surface area contributed by atoms with E-state index in [9.17, 15) is 10.4 Å². The van der Waals surface area contributed by atoms with Crippen molar-refractivity contribution >= 4 is 17.1 Å². The lowest BCUT2D eigenvalue weighted by molar-refractivity contribution is 0.0577. The van der Waals surface area contributed by atoms with Crippen LogP contribution in [0, 0.1) is 22.7 Å². The molecule has 0 spiro atoms. The van der Waals surface area contributed by atoms with Gasteiger partial charge in [-0.25, -0.2) is 19.9 Å². The Labute approximate surface area is 208 Å². The van der Waals surface area contributed by atoms with Crippen LogP contribution in [0.25, 0.3) is 22.4 Å². The number of aromatic nitrogens is 7. The van der Waals surface area contributed by atoms with Crippen molar-refractivity contribution < 1.29 is 5.11 Å². The van der Waals surface area contributed by atoms with Crippen LogP contribution in [-0.2, 0) is 6.54 Å². The van der Waals surface area contributed by atoms with E-state index in [2.05, 4.69) is 47.1 Å². The van der Waals surface area contributed by atoms with Gasteiger partial charge in [0, 0.05) is 30.0 Å². The van der Waals surface area contributed by atoms with Crippen LogP contribution in [-0.4, -0.2) is 51.0 Å². The zero-order valence-corrected chi connectivity index (χ0v) is 20.1. The summed E-state index contributed by atoms with van der Waals surface area (Å²) in [4.78, 5) is 17.9. The molecule has 2 N–H and O–H groups in total. The lowest BCUT2D eigenvalue weighted by Gasteiger charge is -2.30. The highest BCUT2D eigenvalue weighted by molar-refractivity contribution is 5.72. The molecule has 0 bridgehead atoms. The van der Waals surface area contributed by atoms with Gasteiger partial charge in [-0.2, -0.15) is 15.6 Å². The minimum absolute atomic E-state index is 0.137. The van der Waals surface area contributed by atoms with Gasteiger partial charge in [0.25, 0.3) is 0 Å². The average molecular weight is 483 g/mol. The SMILES string of the molecule is CC(C)(O)Cn1cc(-c2nc(N[C@@H]3CCC[C@H](n4cnc5cc(C#N)cnc54)C3)ncc2C#N)cn1. The molecule has 2 atom stereocenters. The van der Waals surface area contributed by atoms with E-state index >= 15 is 0 Å². The minimum Gasteiger partial charge on any atom is -0.389 e. The zero-order chi connectivity index (χ0) is 25.3. The molecule has 0 aliphatic heterocycles. The molecule has 0 amide bonds. The molecule has 4 aromatic heterocycles. The van der Waals surface area contributed by atoms with Crippen molar-refractivity contribution in [2.45, 2.75) is 63.8 Å². The molecule has 1 saturated carbocycles. The largest absolute Gasteiger partial charge is 0.389 e. The fourth-order valence-corrected chi connectivity index (χ4v) is 4.70. The Morgan fingerprint density at radius 1 is 1.14 bits per heavy atom. The number of anilines is 1. The first-order chi connectivity index (χ1) is 17.3. The summed E-state index contributed by atoms with van der Waals surface area (Å²) in [7, 11) is 0. The third-order valence-corrected chi connectivity index (χ3v) is 6.28. The average Bonchev–Trinajstić information content (AvgIpc) is 3.49. The van der Waals surface area contributed by atoms with Gasteiger partial charge in [0.15, 0.2) is 5.65 Å². The van der Waals surface area contributed by atoms with Gasteiger partial charge in [-0.1, -0.05) is 0 Å². The van der Waals surface area contributed by atoms with Gasteiger partial charge in [0.1, 0.15) is 17.7 Å². The Morgan fingerprint density at radius 2 is 2.00 bits per heavy atom. The second-order valence-electron chi connectivity index (χ2n) is 9.80. The van der Waals surface area contributed by atoms with Gasteiger partial charge in [-0.3, -0.25) is 4.68 Å². The van der Waals surface area contributed by atoms with E-state index in [-0.39, 0.29) is 12.1 Å². The van der Waals surface area contributed by atoms with E-state index in [4.69, 9.17) is 5.26 Å². The van der Waals surface area contributed by atoms with E-state index in [1.807, 2.05) is 0 Å². The quantitative estimate of drug-likeness (QED) is 0.421. The molecule has 0 radical (unpaired) electrons. The van der Waals surface area contributed by atoms with Crippen molar-refractivity contribution in [1.29, 1.82) is 10.5 Å². The van der Waals surface area contributed by atoms with E-state index < -0.39 is 5.60 Å². The number of pyridine rings is 1. The molecule has 0 aromatic carbocycles. The fraction of sp³-hybridized carbons (Fsp3) is 0.400. The van der Waals surface area contributed by atoms with E-state index in [0.717, 1.165) is 31.3 Å². The number of imidazole rings is 1. The Hall–Kier alpha value is -4.35. The number of nitrogens with zero attached hydrogens (tertiary/aromatic N) is 9. The maximum atomic E-state index is 10.1. The number of aliphatic hydroxyl groups is 1. The topological polar surface area (TPSA) is 154 Å². The first-order valence-electron chi connectivity index (χ1n) is 11.8. The highest BCUT2D eigenvalue weighted by atomic mass is 16.3. The second kappa shape index (κ2) is 9.36. The van der Waals surface area contributed by atoms with Crippen LogP contribution in [0.2, 0.25) is 0 Å². The normalized spacial score (nSPS) is 18.0. The van der Waals surface area contributed by atoms with Gasteiger partial charge >= 0.3 is 0 Å². The molecule has 182 valence electrons. The zero-order valence-electron chi connectivity index (χ0n) is 20.1. The Balaban J connectivity index is 1.35. The summed E-state index contributed by atoms with van der Waals surface area (Å²) in [5, 5.41) is 36.6. The number of fused-ring (bicyclic) bond motifs is 1. The molecule has 5 rings (SSSR count). The standard InChI is InChI=1S/C25H26N10O/c1-25(2,36)14-34-13-18(12-31-34)22-17(9-27)11-29-24(33-22)32-19-4-3-5-20(7-19)35-15-30-21-6-16(8-26)10-28-23(21)35/h6,10-13,15,19-20,36H,3-5,7,14H2,1-2H3,(H,29,32,33)/t19-,20+/m1/s1. The molecule has 11 nitrogen and oxygen atoms in total. The third-order valence-electron chi connectivity index (χ3n) is 6.28. The fourth-order valence-electron chi connectivity index (χ4n) is 4.70. The minimum atomic E-state index is -0.911. The van der Waals surface area contributed by atoms with Crippen LogP contribution in [0.3, 0.4) is 0 Å². The number of hydrogen-bond donors (Lipinski definition) is 2. The smallest absolute Gasteiger partial charge is 0.223 e. The highest BCUT2D eigenvalue weighted by Gasteiger charge is 2.26. The van der Waals surface area contributed by atoms with Crippen molar-refractivity contribution in [2.75, 3.05) is 5.32 Å². The lowest BCUT2D eigenvalue weighted by Crippen LogP contribution is -2.29. The summed E-state index contributed by atoms with van der Waals surface area (Å²) < 4.78 is 3.73. The summed E-state index contributed by atoms with van der Waals surface area (Å²) >= 11 is 0. The predicted molar refractivity (Wildman–Crippen MR) is 131 cm³/mol. The van der Waals surface area contributed by atoms with Crippen LogP contribution < -0.4 is 5.32 Å². The first kappa shape index (κ1) is 23.4. The molecule has 11 heteroatoms. The predicted octanol–water partition coefficient (Wildman–Crippen LogP) is 3.19. The third kappa shape index (κ3) is 4.88. The van der Waals surface area contributed by atoms with Crippen molar-refractivity contribution in [1.82, 2.24) is 34.3 Å². The first-order valence-corrected chi connectivity index (χ1v) is 11.8. The van der Waals surface area contributed by atoms with Crippen molar-refractivity contribution in [3.8, 4) is 23.4 Å². The molecule has 1 fully saturated rings. The van der Waals surface area contributed by atoms with Crippen LogP contribution in [0.4, 0.5) is 5.95 Å². The molecule has 0 unspecified atom stereocenters. The Morgan fingerprint density at radius 3 is 2.78 bits per heavy atom. The van der Waals surface area contributed by atoms with Crippen molar-refractivity contribution in [2.24, 2.45) is 0 Å². The molecular weight excluding hydrogens is 456 g/mol. The number of nitriles is 2. The molecular formula is C25H26N10O. The Kier molecular flexibility index (Phi) is 6.08. The van der Waals surface area contributed by atoms with Gasteiger partial charge in [-0.05, 0) is 45.6 Å². The molecule has 4 aromatic rings. The second-order valence-corrected chi connectivity index (χ2v) is 9.80. The Bertz CT molecular complexity index is 1480. The van der Waals surface area contributed by atoms with Gasteiger partial charge in [-0.15, -0.1) is 0 Å².